The second kappa shape index (κ2) is 6.29. The molecule has 0 atom stereocenters. The number of nitrogens with zero attached hydrogens (tertiary/aromatic N) is 3. The molecule has 2 rings (SSSR count). The van der Waals surface area contributed by atoms with Crippen molar-refractivity contribution in [3.8, 4) is 0 Å². The lowest BCUT2D eigenvalue weighted by Crippen LogP contribution is -2.23. The van der Waals surface area contributed by atoms with Gasteiger partial charge in [-0.05, 0) is 31.2 Å². The number of aryl methyl sites for hydroxylation is 2. The number of hydrogen-bond acceptors (Lipinski definition) is 3. The second-order valence-electron chi connectivity index (χ2n) is 5.01. The molecule has 1 aromatic heterocycles. The third-order valence-electron chi connectivity index (χ3n) is 3.47. The number of nitrogen functional groups attached to an aromatic ring is 1. The molecule has 0 spiro atoms. The predicted octanol–water partition coefficient (Wildman–Crippen LogP) is 2.99. The monoisotopic (exact) mass is 292 g/mol. The first-order valence-corrected chi connectivity index (χ1v) is 7.13. The van der Waals surface area contributed by atoms with E-state index in [-0.39, 0.29) is 0 Å². The maximum atomic E-state index is 6.31. The van der Waals surface area contributed by atoms with E-state index >= 15 is 0 Å². The van der Waals surface area contributed by atoms with E-state index < -0.39 is 0 Å². The summed E-state index contributed by atoms with van der Waals surface area (Å²) in [7, 11) is 1.94. The van der Waals surface area contributed by atoms with E-state index in [4.69, 9.17) is 17.3 Å². The van der Waals surface area contributed by atoms with Crippen LogP contribution in [0.25, 0.3) is 0 Å². The average Bonchev–Trinajstić information content (AvgIpc) is 2.66. The highest BCUT2D eigenvalue weighted by Crippen LogP contribution is 2.21. The Balaban J connectivity index is 2.11. The summed E-state index contributed by atoms with van der Waals surface area (Å²) in [5.74, 6) is 0. The van der Waals surface area contributed by atoms with Crippen molar-refractivity contribution < 1.29 is 0 Å². The lowest BCUT2D eigenvalue weighted by molar-refractivity contribution is 0.264. The van der Waals surface area contributed by atoms with Gasteiger partial charge in [-0.15, -0.1) is 0 Å². The van der Waals surface area contributed by atoms with Crippen LogP contribution in [0.1, 0.15) is 23.9 Å². The summed E-state index contributed by atoms with van der Waals surface area (Å²) in [5.41, 5.74) is 9.69. The van der Waals surface area contributed by atoms with Crippen molar-refractivity contribution in [2.45, 2.75) is 26.9 Å². The van der Waals surface area contributed by atoms with Crippen LogP contribution in [0.3, 0.4) is 0 Å². The van der Waals surface area contributed by atoms with Gasteiger partial charge in [0.2, 0.25) is 0 Å². The first-order chi connectivity index (χ1) is 9.51. The molecule has 0 unspecified atom stereocenters. The minimum atomic E-state index is 0.767. The summed E-state index contributed by atoms with van der Waals surface area (Å²) >= 11 is 6.31. The van der Waals surface area contributed by atoms with Gasteiger partial charge in [0.05, 0.1) is 16.4 Å². The Bertz CT molecular complexity index is 574. The Morgan fingerprint density at radius 1 is 1.25 bits per heavy atom. The Kier molecular flexibility index (Phi) is 4.68. The number of aromatic nitrogens is 2. The van der Waals surface area contributed by atoms with Gasteiger partial charge >= 0.3 is 0 Å². The molecule has 2 aromatic rings. The highest BCUT2D eigenvalue weighted by atomic mass is 35.5. The van der Waals surface area contributed by atoms with Crippen LogP contribution in [-0.4, -0.2) is 21.2 Å². The zero-order chi connectivity index (χ0) is 14.7. The highest BCUT2D eigenvalue weighted by Gasteiger charge is 2.14. The van der Waals surface area contributed by atoms with Crippen molar-refractivity contribution in [1.82, 2.24) is 14.7 Å². The first kappa shape index (κ1) is 14.9. The van der Waals surface area contributed by atoms with Gasteiger partial charge in [0.25, 0.3) is 0 Å². The number of halogens is 1. The van der Waals surface area contributed by atoms with Crippen molar-refractivity contribution in [1.29, 1.82) is 0 Å². The zero-order valence-electron chi connectivity index (χ0n) is 12.2. The minimum absolute atomic E-state index is 0.767. The van der Waals surface area contributed by atoms with Crippen LogP contribution in [0.5, 0.6) is 0 Å². The standard InChI is InChI=1S/C15H21ClN4/c1-4-20(9-12-5-7-13(17)8-6-12)10-14-15(16)11(2)18-19(14)3/h5-8H,4,9-10,17H2,1-3H3. The predicted molar refractivity (Wildman–Crippen MR) is 83.6 cm³/mol. The molecule has 0 saturated heterocycles. The summed E-state index contributed by atoms with van der Waals surface area (Å²) in [6, 6.07) is 8.00. The maximum Gasteiger partial charge on any atom is 0.0860 e. The summed E-state index contributed by atoms with van der Waals surface area (Å²) < 4.78 is 1.86. The van der Waals surface area contributed by atoms with E-state index in [0.717, 1.165) is 41.7 Å². The number of anilines is 1. The molecular weight excluding hydrogens is 272 g/mol. The molecule has 0 amide bonds. The molecule has 2 N–H and O–H groups in total. The normalized spacial score (nSPS) is 11.2. The van der Waals surface area contributed by atoms with Gasteiger partial charge in [-0.3, -0.25) is 9.58 Å². The molecule has 1 aromatic carbocycles. The van der Waals surface area contributed by atoms with Crippen LogP contribution < -0.4 is 5.73 Å². The smallest absolute Gasteiger partial charge is 0.0860 e. The topological polar surface area (TPSA) is 47.1 Å². The Hall–Kier alpha value is -1.52. The second-order valence-corrected chi connectivity index (χ2v) is 5.39. The highest BCUT2D eigenvalue weighted by molar-refractivity contribution is 6.31. The fourth-order valence-electron chi connectivity index (χ4n) is 2.22. The molecule has 0 aliphatic heterocycles. The van der Waals surface area contributed by atoms with Crippen LogP contribution in [0.4, 0.5) is 5.69 Å². The fraction of sp³-hybridized carbons (Fsp3) is 0.400. The van der Waals surface area contributed by atoms with Crippen molar-refractivity contribution in [2.75, 3.05) is 12.3 Å². The summed E-state index contributed by atoms with van der Waals surface area (Å²) in [6.07, 6.45) is 0. The van der Waals surface area contributed by atoms with Gasteiger partial charge in [-0.2, -0.15) is 5.10 Å². The molecule has 0 bridgehead atoms. The lowest BCUT2D eigenvalue weighted by Gasteiger charge is -2.20. The molecular formula is C15H21ClN4. The van der Waals surface area contributed by atoms with Crippen molar-refractivity contribution in [3.05, 3.63) is 46.2 Å². The Morgan fingerprint density at radius 3 is 2.40 bits per heavy atom. The van der Waals surface area contributed by atoms with E-state index in [2.05, 4.69) is 29.1 Å². The van der Waals surface area contributed by atoms with E-state index in [1.807, 2.05) is 30.8 Å². The summed E-state index contributed by atoms with van der Waals surface area (Å²) in [5, 5.41) is 5.13. The van der Waals surface area contributed by atoms with E-state index in [9.17, 15) is 0 Å². The SMILES string of the molecule is CCN(Cc1ccc(N)cc1)Cc1c(Cl)c(C)nn1C. The van der Waals surface area contributed by atoms with Crippen molar-refractivity contribution in [3.63, 3.8) is 0 Å². The number of benzene rings is 1. The van der Waals surface area contributed by atoms with E-state index in [1.165, 1.54) is 5.56 Å². The third-order valence-corrected chi connectivity index (χ3v) is 3.96. The first-order valence-electron chi connectivity index (χ1n) is 6.76. The van der Waals surface area contributed by atoms with Crippen molar-refractivity contribution in [2.24, 2.45) is 7.05 Å². The van der Waals surface area contributed by atoms with Crippen molar-refractivity contribution >= 4 is 17.3 Å². The number of rotatable bonds is 5. The molecule has 0 aliphatic carbocycles. The molecule has 0 saturated carbocycles. The molecule has 4 nitrogen and oxygen atoms in total. The fourth-order valence-corrected chi connectivity index (χ4v) is 2.44. The van der Waals surface area contributed by atoms with Gasteiger partial charge in [-0.25, -0.2) is 0 Å². The van der Waals surface area contributed by atoms with Crippen LogP contribution in [0.2, 0.25) is 5.02 Å². The Labute approximate surface area is 125 Å². The van der Waals surface area contributed by atoms with Crippen LogP contribution >= 0.6 is 11.6 Å². The van der Waals surface area contributed by atoms with Gasteiger partial charge < -0.3 is 5.73 Å². The maximum absolute atomic E-state index is 6.31. The number of nitrogens with two attached hydrogens (primary N) is 1. The Morgan fingerprint density at radius 2 is 1.90 bits per heavy atom. The van der Waals surface area contributed by atoms with E-state index in [1.54, 1.807) is 0 Å². The molecule has 20 heavy (non-hydrogen) atoms. The van der Waals surface area contributed by atoms with Gasteiger partial charge in [0.15, 0.2) is 0 Å². The van der Waals surface area contributed by atoms with E-state index in [0.29, 0.717) is 0 Å². The average molecular weight is 293 g/mol. The summed E-state index contributed by atoms with van der Waals surface area (Å²) in [6.45, 7) is 6.69. The zero-order valence-corrected chi connectivity index (χ0v) is 13.0. The summed E-state index contributed by atoms with van der Waals surface area (Å²) in [4.78, 5) is 2.33. The molecule has 1 heterocycles. The van der Waals surface area contributed by atoms with Gasteiger partial charge in [0.1, 0.15) is 0 Å². The molecule has 0 aliphatic rings. The quantitative estimate of drug-likeness (QED) is 0.862. The van der Waals surface area contributed by atoms with Gasteiger partial charge in [-0.1, -0.05) is 30.7 Å². The van der Waals surface area contributed by atoms with Crippen LogP contribution in [-0.2, 0) is 20.1 Å². The largest absolute Gasteiger partial charge is 0.399 e. The third kappa shape index (κ3) is 3.32. The molecule has 5 heteroatoms. The molecule has 0 radical (unpaired) electrons. The molecule has 108 valence electrons. The van der Waals surface area contributed by atoms with Crippen LogP contribution in [0, 0.1) is 6.92 Å². The minimum Gasteiger partial charge on any atom is -0.399 e. The number of hydrogen-bond donors (Lipinski definition) is 1. The lowest BCUT2D eigenvalue weighted by atomic mass is 10.2. The van der Waals surface area contributed by atoms with Gasteiger partial charge in [0, 0.05) is 25.8 Å². The molecule has 0 fully saturated rings. The van der Waals surface area contributed by atoms with Crippen LogP contribution in [0.15, 0.2) is 24.3 Å².